The number of nitrogens with zero attached hydrogens (tertiary/aromatic N) is 2. The molecule has 2 amide bonds. The van der Waals surface area contributed by atoms with Crippen molar-refractivity contribution >= 4 is 43.5 Å². The van der Waals surface area contributed by atoms with Gasteiger partial charge in [-0.05, 0) is 55.2 Å². The average molecular weight is 659 g/mol. The predicted molar refractivity (Wildman–Crippen MR) is 171 cm³/mol. The Balaban J connectivity index is 1.91. The minimum absolute atomic E-state index is 0.0527. The number of ether oxygens (including phenoxy) is 1. The molecule has 3 aromatic carbocycles. The minimum Gasteiger partial charge on any atom is -0.495 e. The molecule has 226 valence electrons. The number of amides is 2. The lowest BCUT2D eigenvalue weighted by Crippen LogP contribution is -2.52. The molecule has 0 aromatic heterocycles. The van der Waals surface area contributed by atoms with Crippen LogP contribution in [0.25, 0.3) is 0 Å². The molecule has 0 aliphatic heterocycles. The standard InChI is InChI=1S/C32H40BrN3O5S/c1-5-24(2)34-32(38)29(22-25-13-7-6-8-14-25)35(23-26-15-11-16-27(33)21-26)31(37)19-12-20-36(42(4,39)40)28-17-9-10-18-30(28)41-3/h6-11,13-18,21,24,29H,5,12,19-20,22-23H2,1-4H3,(H,34,38)/t24-,29-/m0/s1. The number of hydrogen-bond donors (Lipinski definition) is 1. The minimum atomic E-state index is -3.65. The van der Waals surface area contributed by atoms with E-state index in [0.717, 1.165) is 28.3 Å². The first-order chi connectivity index (χ1) is 20.0. The van der Waals surface area contributed by atoms with Crippen LogP contribution in [0.15, 0.2) is 83.3 Å². The van der Waals surface area contributed by atoms with Crippen molar-refractivity contribution < 1.29 is 22.7 Å². The quantitative estimate of drug-likeness (QED) is 0.231. The van der Waals surface area contributed by atoms with Gasteiger partial charge in [-0.1, -0.05) is 77.5 Å². The van der Waals surface area contributed by atoms with Crippen LogP contribution in [0, 0.1) is 0 Å². The van der Waals surface area contributed by atoms with E-state index in [1.807, 2.05) is 68.4 Å². The maximum absolute atomic E-state index is 14.0. The van der Waals surface area contributed by atoms with Crippen molar-refractivity contribution in [2.24, 2.45) is 0 Å². The molecule has 3 rings (SSSR count). The summed E-state index contributed by atoms with van der Waals surface area (Å²) in [6.07, 6.45) is 2.55. The van der Waals surface area contributed by atoms with Gasteiger partial charge >= 0.3 is 0 Å². The van der Waals surface area contributed by atoms with Crippen LogP contribution >= 0.6 is 15.9 Å². The van der Waals surface area contributed by atoms with Crippen LogP contribution in [0.4, 0.5) is 5.69 Å². The molecule has 3 aromatic rings. The third-order valence-electron chi connectivity index (χ3n) is 7.02. The normalized spacial score (nSPS) is 12.7. The summed E-state index contributed by atoms with van der Waals surface area (Å²) in [5.41, 5.74) is 2.23. The van der Waals surface area contributed by atoms with Crippen molar-refractivity contribution in [1.82, 2.24) is 10.2 Å². The first kappa shape index (κ1) is 33.1. The highest BCUT2D eigenvalue weighted by molar-refractivity contribution is 9.10. The van der Waals surface area contributed by atoms with Crippen molar-refractivity contribution in [3.05, 3.63) is 94.5 Å². The molecule has 10 heteroatoms. The Morgan fingerprint density at radius 3 is 2.29 bits per heavy atom. The Morgan fingerprint density at radius 1 is 0.976 bits per heavy atom. The van der Waals surface area contributed by atoms with Crippen molar-refractivity contribution in [2.45, 2.75) is 58.2 Å². The molecule has 0 aliphatic carbocycles. The number of para-hydroxylation sites is 2. The van der Waals surface area contributed by atoms with Crippen LogP contribution in [-0.4, -0.2) is 57.1 Å². The Bertz CT molecular complexity index is 1430. The van der Waals surface area contributed by atoms with Gasteiger partial charge in [-0.2, -0.15) is 0 Å². The molecule has 0 spiro atoms. The third-order valence-corrected chi connectivity index (χ3v) is 8.69. The lowest BCUT2D eigenvalue weighted by Gasteiger charge is -2.33. The molecule has 0 radical (unpaired) electrons. The molecule has 0 aliphatic rings. The number of rotatable bonds is 15. The smallest absolute Gasteiger partial charge is 0.243 e. The summed E-state index contributed by atoms with van der Waals surface area (Å²) in [6.45, 7) is 4.25. The van der Waals surface area contributed by atoms with Gasteiger partial charge in [0.05, 0.1) is 19.1 Å². The van der Waals surface area contributed by atoms with Gasteiger partial charge in [0, 0.05) is 36.4 Å². The first-order valence-electron chi connectivity index (χ1n) is 14.0. The Kier molecular flexibility index (Phi) is 12.4. The second-order valence-electron chi connectivity index (χ2n) is 10.3. The SMILES string of the molecule is CC[C@H](C)NC(=O)[C@H](Cc1ccccc1)N(Cc1cccc(Br)c1)C(=O)CCCN(c1ccccc1OC)S(C)(=O)=O. The molecule has 8 nitrogen and oxygen atoms in total. The summed E-state index contributed by atoms with van der Waals surface area (Å²) in [5.74, 6) is -0.0257. The third kappa shape index (κ3) is 9.59. The van der Waals surface area contributed by atoms with E-state index >= 15 is 0 Å². The second-order valence-corrected chi connectivity index (χ2v) is 13.1. The number of anilines is 1. The zero-order valence-corrected chi connectivity index (χ0v) is 27.0. The Hall–Kier alpha value is -3.37. The number of nitrogens with one attached hydrogen (secondary N) is 1. The molecular formula is C32H40BrN3O5S. The largest absolute Gasteiger partial charge is 0.495 e. The Labute approximate surface area is 258 Å². The van der Waals surface area contributed by atoms with E-state index in [0.29, 0.717) is 17.9 Å². The second kappa shape index (κ2) is 15.7. The number of halogens is 1. The van der Waals surface area contributed by atoms with E-state index in [-0.39, 0.29) is 43.8 Å². The number of sulfonamides is 1. The van der Waals surface area contributed by atoms with Crippen LogP contribution in [0.1, 0.15) is 44.2 Å². The molecule has 1 N–H and O–H groups in total. The fraction of sp³-hybridized carbons (Fsp3) is 0.375. The summed E-state index contributed by atoms with van der Waals surface area (Å²) in [5, 5.41) is 3.07. The van der Waals surface area contributed by atoms with Crippen LogP contribution in [-0.2, 0) is 32.6 Å². The van der Waals surface area contributed by atoms with Gasteiger partial charge in [-0.3, -0.25) is 13.9 Å². The predicted octanol–water partition coefficient (Wildman–Crippen LogP) is 5.56. The van der Waals surface area contributed by atoms with Gasteiger partial charge < -0.3 is 15.0 Å². The van der Waals surface area contributed by atoms with Gasteiger partial charge in [-0.25, -0.2) is 8.42 Å². The number of methoxy groups -OCH3 is 1. The van der Waals surface area contributed by atoms with Crippen molar-refractivity contribution in [1.29, 1.82) is 0 Å². The van der Waals surface area contributed by atoms with E-state index in [9.17, 15) is 18.0 Å². The van der Waals surface area contributed by atoms with Gasteiger partial charge in [-0.15, -0.1) is 0 Å². The molecule has 0 bridgehead atoms. The van der Waals surface area contributed by atoms with Crippen molar-refractivity contribution in [3.63, 3.8) is 0 Å². The average Bonchev–Trinajstić information content (AvgIpc) is 2.96. The van der Waals surface area contributed by atoms with Crippen LogP contribution in [0.3, 0.4) is 0 Å². The molecule has 0 heterocycles. The Morgan fingerprint density at radius 2 is 1.64 bits per heavy atom. The monoisotopic (exact) mass is 657 g/mol. The van der Waals surface area contributed by atoms with Crippen LogP contribution < -0.4 is 14.4 Å². The van der Waals surface area contributed by atoms with E-state index in [1.165, 1.54) is 11.4 Å². The molecular weight excluding hydrogens is 618 g/mol. The van der Waals surface area contributed by atoms with Gasteiger partial charge in [0.15, 0.2) is 0 Å². The molecule has 0 saturated heterocycles. The number of carbonyl (C=O) groups is 2. The summed E-state index contributed by atoms with van der Waals surface area (Å²) in [6, 6.07) is 23.4. The molecule has 0 fully saturated rings. The first-order valence-corrected chi connectivity index (χ1v) is 16.7. The zero-order chi connectivity index (χ0) is 30.7. The summed E-state index contributed by atoms with van der Waals surface area (Å²) >= 11 is 3.51. The highest BCUT2D eigenvalue weighted by Crippen LogP contribution is 2.30. The molecule has 2 atom stereocenters. The van der Waals surface area contributed by atoms with Crippen molar-refractivity contribution in [3.8, 4) is 5.75 Å². The van der Waals surface area contributed by atoms with E-state index < -0.39 is 16.1 Å². The maximum atomic E-state index is 14.0. The number of hydrogen-bond acceptors (Lipinski definition) is 5. The lowest BCUT2D eigenvalue weighted by atomic mass is 10.0. The van der Waals surface area contributed by atoms with Gasteiger partial charge in [0.1, 0.15) is 11.8 Å². The summed E-state index contributed by atoms with van der Waals surface area (Å²) in [7, 11) is -2.16. The van der Waals surface area contributed by atoms with E-state index in [1.54, 1.807) is 29.2 Å². The fourth-order valence-corrected chi connectivity index (χ4v) is 6.06. The molecule has 0 unspecified atom stereocenters. The van der Waals surface area contributed by atoms with Crippen molar-refractivity contribution in [2.75, 3.05) is 24.2 Å². The topological polar surface area (TPSA) is 96.0 Å². The summed E-state index contributed by atoms with van der Waals surface area (Å²) in [4.78, 5) is 29.3. The maximum Gasteiger partial charge on any atom is 0.243 e. The summed E-state index contributed by atoms with van der Waals surface area (Å²) < 4.78 is 33.0. The van der Waals surface area contributed by atoms with Crippen LogP contribution in [0.2, 0.25) is 0 Å². The van der Waals surface area contributed by atoms with E-state index in [4.69, 9.17) is 4.74 Å². The van der Waals surface area contributed by atoms with E-state index in [2.05, 4.69) is 21.2 Å². The van der Waals surface area contributed by atoms with Gasteiger partial charge in [0.2, 0.25) is 21.8 Å². The highest BCUT2D eigenvalue weighted by Gasteiger charge is 2.31. The van der Waals surface area contributed by atoms with Gasteiger partial charge in [0.25, 0.3) is 0 Å². The molecule has 0 saturated carbocycles. The number of carbonyl (C=O) groups excluding carboxylic acids is 2. The number of benzene rings is 3. The molecule has 42 heavy (non-hydrogen) atoms. The highest BCUT2D eigenvalue weighted by atomic mass is 79.9. The lowest BCUT2D eigenvalue weighted by molar-refractivity contribution is -0.141. The zero-order valence-electron chi connectivity index (χ0n) is 24.6. The fourth-order valence-electron chi connectivity index (χ4n) is 4.65. The van der Waals surface area contributed by atoms with Crippen LogP contribution in [0.5, 0.6) is 5.75 Å².